The van der Waals surface area contributed by atoms with E-state index < -0.39 is 0 Å². The van der Waals surface area contributed by atoms with Crippen LogP contribution in [0, 0.1) is 0 Å². The van der Waals surface area contributed by atoms with Crippen LogP contribution >= 0.6 is 11.8 Å². The number of carbonyl (C=O) groups is 1. The Bertz CT molecular complexity index is 455. The molecule has 1 aromatic heterocycles. The van der Waals surface area contributed by atoms with Gasteiger partial charge in [0.15, 0.2) is 5.82 Å². The van der Waals surface area contributed by atoms with E-state index in [0.717, 1.165) is 44.8 Å². The first kappa shape index (κ1) is 15.1. The summed E-state index contributed by atoms with van der Waals surface area (Å²) in [5.74, 6) is 7.21. The van der Waals surface area contributed by atoms with Gasteiger partial charge in [0.05, 0.1) is 39.0 Å². The van der Waals surface area contributed by atoms with Crippen LogP contribution in [-0.4, -0.2) is 64.7 Å². The molecule has 1 saturated heterocycles. The SMILES string of the molecule is CCCc1nnc(SCC(=O)N2CC[NH+](C)CC2)n1N. The van der Waals surface area contributed by atoms with Gasteiger partial charge in [-0.15, -0.1) is 10.2 Å². The molecule has 1 aromatic rings. The van der Waals surface area contributed by atoms with Gasteiger partial charge in [-0.3, -0.25) is 4.79 Å². The van der Waals surface area contributed by atoms with Crippen LogP contribution in [0.1, 0.15) is 19.2 Å². The van der Waals surface area contributed by atoms with Crippen LogP contribution < -0.4 is 10.7 Å². The van der Waals surface area contributed by atoms with Gasteiger partial charge in [0.1, 0.15) is 0 Å². The van der Waals surface area contributed by atoms with E-state index in [1.54, 1.807) is 0 Å². The summed E-state index contributed by atoms with van der Waals surface area (Å²) in [7, 11) is 2.16. The van der Waals surface area contributed by atoms with Gasteiger partial charge in [0, 0.05) is 6.42 Å². The van der Waals surface area contributed by atoms with E-state index >= 15 is 0 Å². The molecule has 0 saturated carbocycles. The minimum atomic E-state index is 0.155. The number of likely N-dealkylation sites (N-methyl/N-ethyl adjacent to an activating group) is 1. The van der Waals surface area contributed by atoms with Crippen molar-refractivity contribution in [2.24, 2.45) is 0 Å². The number of aryl methyl sites for hydroxylation is 1. The number of amides is 1. The third-order valence-electron chi connectivity index (χ3n) is 3.50. The van der Waals surface area contributed by atoms with Crippen molar-refractivity contribution in [3.63, 3.8) is 0 Å². The summed E-state index contributed by atoms with van der Waals surface area (Å²) in [6.45, 7) is 5.78. The molecule has 7 nitrogen and oxygen atoms in total. The van der Waals surface area contributed by atoms with Crippen molar-refractivity contribution in [3.8, 4) is 0 Å². The Balaban J connectivity index is 1.84. The number of rotatable bonds is 5. The van der Waals surface area contributed by atoms with E-state index in [1.807, 2.05) is 4.90 Å². The number of aromatic nitrogens is 3. The smallest absolute Gasteiger partial charge is 0.233 e. The molecule has 2 rings (SSSR count). The first-order valence-corrected chi connectivity index (χ1v) is 8.01. The average molecular weight is 299 g/mol. The fraction of sp³-hybridized carbons (Fsp3) is 0.750. The van der Waals surface area contributed by atoms with Crippen LogP contribution in [0.2, 0.25) is 0 Å². The molecule has 1 amide bonds. The molecule has 1 aliphatic heterocycles. The van der Waals surface area contributed by atoms with E-state index in [9.17, 15) is 4.79 Å². The number of nitrogens with two attached hydrogens (primary N) is 1. The Morgan fingerprint density at radius 2 is 2.10 bits per heavy atom. The Morgan fingerprint density at radius 1 is 1.40 bits per heavy atom. The molecule has 112 valence electrons. The second kappa shape index (κ2) is 6.94. The number of hydrogen-bond donors (Lipinski definition) is 2. The fourth-order valence-electron chi connectivity index (χ4n) is 2.16. The number of hydrogen-bond acceptors (Lipinski definition) is 5. The van der Waals surface area contributed by atoms with Gasteiger partial charge >= 0.3 is 0 Å². The second-order valence-electron chi connectivity index (χ2n) is 5.15. The third kappa shape index (κ3) is 3.63. The fourth-order valence-corrected chi connectivity index (χ4v) is 2.93. The zero-order chi connectivity index (χ0) is 14.5. The largest absolute Gasteiger partial charge is 0.336 e. The highest BCUT2D eigenvalue weighted by molar-refractivity contribution is 7.99. The van der Waals surface area contributed by atoms with Crippen molar-refractivity contribution >= 4 is 17.7 Å². The number of quaternary nitrogens is 1. The van der Waals surface area contributed by atoms with Crippen molar-refractivity contribution in [2.45, 2.75) is 24.9 Å². The van der Waals surface area contributed by atoms with Crippen molar-refractivity contribution < 1.29 is 9.69 Å². The van der Waals surface area contributed by atoms with Gasteiger partial charge in [-0.2, -0.15) is 0 Å². The number of nitrogens with zero attached hydrogens (tertiary/aromatic N) is 4. The molecule has 3 N–H and O–H groups in total. The van der Waals surface area contributed by atoms with Crippen LogP contribution in [0.5, 0.6) is 0 Å². The molecular formula is C12H23N6OS+. The minimum Gasteiger partial charge on any atom is -0.336 e. The third-order valence-corrected chi connectivity index (χ3v) is 4.43. The summed E-state index contributed by atoms with van der Waals surface area (Å²) in [6, 6.07) is 0. The maximum Gasteiger partial charge on any atom is 0.233 e. The lowest BCUT2D eigenvalue weighted by molar-refractivity contribution is -0.883. The maximum atomic E-state index is 12.1. The number of carbonyl (C=O) groups excluding carboxylic acids is 1. The summed E-state index contributed by atoms with van der Waals surface area (Å²) in [5, 5.41) is 8.70. The number of nitrogen functional groups attached to an aromatic ring is 1. The zero-order valence-corrected chi connectivity index (χ0v) is 12.9. The molecule has 8 heteroatoms. The molecule has 0 aromatic carbocycles. The summed E-state index contributed by atoms with van der Waals surface area (Å²) >= 11 is 1.36. The van der Waals surface area contributed by atoms with Gasteiger partial charge in [-0.05, 0) is 6.42 Å². The van der Waals surface area contributed by atoms with E-state index in [-0.39, 0.29) is 5.91 Å². The van der Waals surface area contributed by atoms with Gasteiger partial charge in [-0.25, -0.2) is 4.68 Å². The average Bonchev–Trinajstić information content (AvgIpc) is 2.79. The quantitative estimate of drug-likeness (QED) is 0.505. The van der Waals surface area contributed by atoms with E-state index in [2.05, 4.69) is 24.2 Å². The van der Waals surface area contributed by atoms with E-state index in [1.165, 1.54) is 21.3 Å². The van der Waals surface area contributed by atoms with Crippen molar-refractivity contribution in [1.29, 1.82) is 0 Å². The predicted molar refractivity (Wildman–Crippen MR) is 78.1 cm³/mol. The van der Waals surface area contributed by atoms with Crippen molar-refractivity contribution in [2.75, 3.05) is 44.8 Å². The van der Waals surface area contributed by atoms with Gasteiger partial charge < -0.3 is 15.6 Å². The van der Waals surface area contributed by atoms with Crippen LogP contribution in [-0.2, 0) is 11.2 Å². The first-order chi connectivity index (χ1) is 9.61. The predicted octanol–water partition coefficient (Wildman–Crippen LogP) is -1.61. The maximum absolute atomic E-state index is 12.1. The van der Waals surface area contributed by atoms with Crippen LogP contribution in [0.25, 0.3) is 0 Å². The highest BCUT2D eigenvalue weighted by atomic mass is 32.2. The molecular weight excluding hydrogens is 276 g/mol. The molecule has 20 heavy (non-hydrogen) atoms. The van der Waals surface area contributed by atoms with Crippen LogP contribution in [0.3, 0.4) is 0 Å². The normalized spacial score (nSPS) is 16.6. The molecule has 0 bridgehead atoms. The Hall–Kier alpha value is -1.28. The molecule has 2 heterocycles. The number of nitrogens with one attached hydrogen (secondary N) is 1. The van der Waals surface area contributed by atoms with Crippen molar-refractivity contribution in [3.05, 3.63) is 5.82 Å². The van der Waals surface area contributed by atoms with Gasteiger partial charge in [-0.1, -0.05) is 18.7 Å². The Morgan fingerprint density at radius 3 is 2.75 bits per heavy atom. The molecule has 0 atom stereocenters. The Kier molecular flexibility index (Phi) is 5.24. The monoisotopic (exact) mass is 299 g/mol. The molecule has 0 spiro atoms. The lowest BCUT2D eigenvalue weighted by Crippen LogP contribution is -3.12. The van der Waals surface area contributed by atoms with E-state index in [0.29, 0.717) is 10.9 Å². The second-order valence-corrected chi connectivity index (χ2v) is 6.09. The van der Waals surface area contributed by atoms with Gasteiger partial charge in [0.2, 0.25) is 11.1 Å². The summed E-state index contributed by atoms with van der Waals surface area (Å²) in [4.78, 5) is 15.5. The lowest BCUT2D eigenvalue weighted by atomic mass is 10.3. The molecule has 0 radical (unpaired) electrons. The zero-order valence-electron chi connectivity index (χ0n) is 12.1. The highest BCUT2D eigenvalue weighted by Gasteiger charge is 2.22. The summed E-state index contributed by atoms with van der Waals surface area (Å²) in [6.07, 6.45) is 1.78. The number of piperazine rings is 1. The van der Waals surface area contributed by atoms with Crippen LogP contribution in [0.4, 0.5) is 0 Å². The first-order valence-electron chi connectivity index (χ1n) is 7.03. The van der Waals surface area contributed by atoms with Crippen LogP contribution in [0.15, 0.2) is 5.16 Å². The summed E-state index contributed by atoms with van der Waals surface area (Å²) < 4.78 is 1.50. The molecule has 0 aliphatic carbocycles. The molecule has 1 aliphatic rings. The summed E-state index contributed by atoms with van der Waals surface area (Å²) in [5.41, 5.74) is 0. The molecule has 0 unspecified atom stereocenters. The van der Waals surface area contributed by atoms with Crippen molar-refractivity contribution in [1.82, 2.24) is 19.8 Å². The number of thioether (sulfide) groups is 1. The molecule has 1 fully saturated rings. The topological polar surface area (TPSA) is 81.5 Å². The van der Waals surface area contributed by atoms with Gasteiger partial charge in [0.25, 0.3) is 0 Å². The highest BCUT2D eigenvalue weighted by Crippen LogP contribution is 2.15. The minimum absolute atomic E-state index is 0.155. The standard InChI is InChI=1S/C12H22N6OS/c1-3-4-10-14-15-12(18(10)13)20-9-11(19)17-7-5-16(2)6-8-17/h3-9,13H2,1-2H3/p+1. The van der Waals surface area contributed by atoms with E-state index in [4.69, 9.17) is 5.84 Å². The lowest BCUT2D eigenvalue weighted by Gasteiger charge is -2.29. The Labute approximate surface area is 123 Å².